The third-order valence-corrected chi connectivity index (χ3v) is 6.04. The topological polar surface area (TPSA) is 44.8 Å². The zero-order chi connectivity index (χ0) is 20.4. The number of likely N-dealkylation sites (N-methyl/N-ethyl adjacent to an activating group) is 1. The molecule has 29 heavy (non-hydrogen) atoms. The first-order chi connectivity index (χ1) is 14.0. The van der Waals surface area contributed by atoms with E-state index < -0.39 is 0 Å². The second kappa shape index (κ2) is 8.56. The molecular formula is C24H31N3O2. The second-order valence-corrected chi connectivity index (χ2v) is 8.31. The van der Waals surface area contributed by atoms with E-state index in [1.165, 1.54) is 16.8 Å². The highest BCUT2D eigenvalue weighted by molar-refractivity contribution is 5.94. The van der Waals surface area contributed by atoms with Crippen LogP contribution < -0.4 is 10.2 Å². The summed E-state index contributed by atoms with van der Waals surface area (Å²) in [5, 5.41) is 3.19. The number of morpholine rings is 1. The number of hydrogen-bond acceptors (Lipinski definition) is 4. The number of carbonyl (C=O) groups excluding carboxylic acids is 1. The molecule has 2 heterocycles. The minimum Gasteiger partial charge on any atom is -0.379 e. The standard InChI is InChI=1S/C24H31N3O2/c1-17-12-18(2)14-21(13-17)24(28)25-16-23(27-8-10-29-11-9-27)19-4-5-22-20(15-19)6-7-26(22)3/h4-5,12-15,23H,6-11,16H2,1-3H3,(H,25,28)/t23-/m0/s1. The van der Waals surface area contributed by atoms with E-state index in [1.807, 2.05) is 26.0 Å². The van der Waals surface area contributed by atoms with E-state index in [-0.39, 0.29) is 11.9 Å². The van der Waals surface area contributed by atoms with Crippen molar-refractivity contribution in [3.8, 4) is 0 Å². The quantitative estimate of drug-likeness (QED) is 0.848. The van der Waals surface area contributed by atoms with Gasteiger partial charge in [0.05, 0.1) is 19.3 Å². The number of benzene rings is 2. The van der Waals surface area contributed by atoms with Crippen LogP contribution in [0.25, 0.3) is 0 Å². The maximum atomic E-state index is 12.8. The van der Waals surface area contributed by atoms with Gasteiger partial charge < -0.3 is 15.0 Å². The molecule has 0 bridgehead atoms. The van der Waals surface area contributed by atoms with E-state index in [0.717, 1.165) is 56.0 Å². The Kier molecular flexibility index (Phi) is 5.88. The lowest BCUT2D eigenvalue weighted by Gasteiger charge is -2.35. The van der Waals surface area contributed by atoms with E-state index in [2.05, 4.69) is 46.4 Å². The minimum absolute atomic E-state index is 0.00375. The zero-order valence-electron chi connectivity index (χ0n) is 17.7. The van der Waals surface area contributed by atoms with Crippen LogP contribution in [-0.2, 0) is 11.2 Å². The molecule has 0 spiro atoms. The predicted octanol–water partition coefficient (Wildman–Crippen LogP) is 3.10. The van der Waals surface area contributed by atoms with Gasteiger partial charge >= 0.3 is 0 Å². The van der Waals surface area contributed by atoms with Gasteiger partial charge in [-0.15, -0.1) is 0 Å². The maximum Gasteiger partial charge on any atom is 0.251 e. The Morgan fingerprint density at radius 2 is 1.79 bits per heavy atom. The van der Waals surface area contributed by atoms with Crippen molar-refractivity contribution in [2.75, 3.05) is 51.3 Å². The summed E-state index contributed by atoms with van der Waals surface area (Å²) in [7, 11) is 2.15. The molecule has 4 rings (SSSR count). The molecule has 5 heteroatoms. The SMILES string of the molecule is Cc1cc(C)cc(C(=O)NC[C@@H](c2ccc3c(c2)CCN3C)N2CCOCC2)c1. The minimum atomic E-state index is -0.00375. The van der Waals surface area contributed by atoms with Crippen molar-refractivity contribution < 1.29 is 9.53 Å². The molecule has 5 nitrogen and oxygen atoms in total. The van der Waals surface area contributed by atoms with E-state index in [9.17, 15) is 4.79 Å². The first kappa shape index (κ1) is 19.9. The van der Waals surface area contributed by atoms with Gasteiger partial charge in [0.15, 0.2) is 0 Å². The molecule has 1 amide bonds. The Hall–Kier alpha value is -2.37. The predicted molar refractivity (Wildman–Crippen MR) is 117 cm³/mol. The fourth-order valence-electron chi connectivity index (χ4n) is 4.54. The van der Waals surface area contributed by atoms with Crippen molar-refractivity contribution in [1.82, 2.24) is 10.2 Å². The molecule has 2 aromatic rings. The fraction of sp³-hybridized carbons (Fsp3) is 0.458. The summed E-state index contributed by atoms with van der Waals surface area (Å²) in [6.45, 7) is 9.00. The number of ether oxygens (including phenoxy) is 1. The van der Waals surface area contributed by atoms with Crippen molar-refractivity contribution in [2.24, 2.45) is 0 Å². The number of nitrogens with zero attached hydrogens (tertiary/aromatic N) is 2. The average Bonchev–Trinajstić information content (AvgIpc) is 3.08. The Morgan fingerprint density at radius 3 is 2.52 bits per heavy atom. The average molecular weight is 394 g/mol. The highest BCUT2D eigenvalue weighted by Crippen LogP contribution is 2.31. The summed E-state index contributed by atoms with van der Waals surface area (Å²) in [4.78, 5) is 17.6. The molecule has 0 aromatic heterocycles. The van der Waals surface area contributed by atoms with Gasteiger partial charge in [0.2, 0.25) is 0 Å². The molecule has 1 fully saturated rings. The lowest BCUT2D eigenvalue weighted by atomic mass is 10.00. The van der Waals surface area contributed by atoms with E-state index in [1.54, 1.807) is 0 Å². The van der Waals surface area contributed by atoms with Crippen LogP contribution in [0.1, 0.15) is 38.7 Å². The lowest BCUT2D eigenvalue weighted by Crippen LogP contribution is -2.43. The fourth-order valence-corrected chi connectivity index (χ4v) is 4.54. The molecule has 1 saturated heterocycles. The zero-order valence-corrected chi connectivity index (χ0v) is 17.7. The molecule has 154 valence electrons. The van der Waals surface area contributed by atoms with Crippen molar-refractivity contribution in [1.29, 1.82) is 0 Å². The van der Waals surface area contributed by atoms with E-state index in [4.69, 9.17) is 4.74 Å². The third-order valence-electron chi connectivity index (χ3n) is 6.04. The summed E-state index contributed by atoms with van der Waals surface area (Å²) < 4.78 is 5.56. The Balaban J connectivity index is 1.54. The first-order valence-corrected chi connectivity index (χ1v) is 10.5. The van der Waals surface area contributed by atoms with Gasteiger partial charge in [0, 0.05) is 44.5 Å². The highest BCUT2D eigenvalue weighted by atomic mass is 16.5. The highest BCUT2D eigenvalue weighted by Gasteiger charge is 2.25. The van der Waals surface area contributed by atoms with Crippen LogP contribution in [-0.4, -0.2) is 57.2 Å². The lowest BCUT2D eigenvalue weighted by molar-refractivity contribution is 0.0162. The normalized spacial score (nSPS) is 17.8. The van der Waals surface area contributed by atoms with Crippen molar-refractivity contribution >= 4 is 11.6 Å². The largest absolute Gasteiger partial charge is 0.379 e. The molecule has 0 aliphatic carbocycles. The van der Waals surface area contributed by atoms with Crippen LogP contribution in [0.3, 0.4) is 0 Å². The molecule has 0 unspecified atom stereocenters. The number of anilines is 1. The summed E-state index contributed by atoms with van der Waals surface area (Å²) in [6.07, 6.45) is 1.09. The Morgan fingerprint density at radius 1 is 1.07 bits per heavy atom. The molecule has 2 aliphatic rings. The van der Waals surface area contributed by atoms with Crippen molar-refractivity contribution in [3.05, 3.63) is 64.2 Å². The molecule has 1 N–H and O–H groups in total. The van der Waals surface area contributed by atoms with Gasteiger partial charge in [0.1, 0.15) is 0 Å². The third kappa shape index (κ3) is 4.46. The monoisotopic (exact) mass is 393 g/mol. The molecule has 0 saturated carbocycles. The van der Waals surface area contributed by atoms with Gasteiger partial charge in [0.25, 0.3) is 5.91 Å². The van der Waals surface area contributed by atoms with Crippen LogP contribution in [0.4, 0.5) is 5.69 Å². The second-order valence-electron chi connectivity index (χ2n) is 8.31. The molecular weight excluding hydrogens is 362 g/mol. The molecule has 2 aromatic carbocycles. The first-order valence-electron chi connectivity index (χ1n) is 10.5. The van der Waals surface area contributed by atoms with Crippen LogP contribution in [0.15, 0.2) is 36.4 Å². The Labute approximate surface area is 173 Å². The van der Waals surface area contributed by atoms with E-state index >= 15 is 0 Å². The number of hydrogen-bond donors (Lipinski definition) is 1. The number of nitrogens with one attached hydrogen (secondary N) is 1. The number of aryl methyl sites for hydroxylation is 2. The van der Waals surface area contributed by atoms with Crippen LogP contribution in [0.5, 0.6) is 0 Å². The Bertz CT molecular complexity index is 869. The maximum absolute atomic E-state index is 12.8. The van der Waals surface area contributed by atoms with Crippen LogP contribution in [0, 0.1) is 13.8 Å². The van der Waals surface area contributed by atoms with Crippen molar-refractivity contribution in [3.63, 3.8) is 0 Å². The van der Waals surface area contributed by atoms with Crippen LogP contribution >= 0.6 is 0 Å². The number of rotatable bonds is 5. The number of fused-ring (bicyclic) bond motifs is 1. The summed E-state index contributed by atoms with van der Waals surface area (Å²) >= 11 is 0. The summed E-state index contributed by atoms with van der Waals surface area (Å²) in [5.74, 6) is -0.00375. The van der Waals surface area contributed by atoms with Gasteiger partial charge in [-0.05, 0) is 49.6 Å². The molecule has 2 aliphatic heterocycles. The number of carbonyl (C=O) groups is 1. The van der Waals surface area contributed by atoms with Gasteiger partial charge in [-0.2, -0.15) is 0 Å². The smallest absolute Gasteiger partial charge is 0.251 e. The summed E-state index contributed by atoms with van der Waals surface area (Å²) in [5.41, 5.74) is 6.98. The summed E-state index contributed by atoms with van der Waals surface area (Å²) in [6, 6.07) is 13.0. The molecule has 1 atom stereocenters. The van der Waals surface area contributed by atoms with Crippen LogP contribution in [0.2, 0.25) is 0 Å². The van der Waals surface area contributed by atoms with Gasteiger partial charge in [-0.25, -0.2) is 0 Å². The van der Waals surface area contributed by atoms with Gasteiger partial charge in [-0.3, -0.25) is 9.69 Å². The van der Waals surface area contributed by atoms with Crippen molar-refractivity contribution in [2.45, 2.75) is 26.3 Å². The number of amides is 1. The molecule has 0 radical (unpaired) electrons. The van der Waals surface area contributed by atoms with Gasteiger partial charge in [-0.1, -0.05) is 29.3 Å². The van der Waals surface area contributed by atoms with E-state index in [0.29, 0.717) is 6.54 Å².